The second kappa shape index (κ2) is 4.63. The van der Waals surface area contributed by atoms with Crippen LogP contribution in [0.5, 0.6) is 0 Å². The minimum Gasteiger partial charge on any atom is -0.339 e. The Morgan fingerprint density at radius 3 is 2.62 bits per heavy atom. The number of hydrogen-bond donors (Lipinski definition) is 1. The van der Waals surface area contributed by atoms with Crippen LogP contribution in [0.1, 0.15) is 10.4 Å². The van der Waals surface area contributed by atoms with E-state index in [0.717, 1.165) is 4.47 Å². The monoisotopic (exact) mass is 238 g/mol. The molecule has 1 aromatic rings. The molecule has 0 heterocycles. The van der Waals surface area contributed by atoms with Gasteiger partial charge in [0.05, 0.1) is 6.07 Å². The fourth-order valence-corrected chi connectivity index (χ4v) is 1.09. The zero-order valence-electron chi connectivity index (χ0n) is 6.75. The second-order valence-corrected chi connectivity index (χ2v) is 3.26. The van der Waals surface area contributed by atoms with E-state index in [1.54, 1.807) is 24.3 Å². The van der Waals surface area contributed by atoms with Gasteiger partial charge in [-0.3, -0.25) is 4.79 Å². The van der Waals surface area contributed by atoms with E-state index >= 15 is 0 Å². The van der Waals surface area contributed by atoms with Gasteiger partial charge in [0, 0.05) is 10.0 Å². The molecule has 0 bridgehead atoms. The Kier molecular flexibility index (Phi) is 3.47. The molecular weight excluding hydrogens is 232 g/mol. The van der Waals surface area contributed by atoms with Crippen molar-refractivity contribution in [2.24, 2.45) is 0 Å². The number of carbonyl (C=O) groups is 1. The molecule has 3 nitrogen and oxygen atoms in total. The molecule has 0 saturated heterocycles. The van der Waals surface area contributed by atoms with Crippen molar-refractivity contribution < 1.29 is 4.79 Å². The zero-order chi connectivity index (χ0) is 9.68. The first kappa shape index (κ1) is 9.75. The molecule has 0 saturated carbocycles. The van der Waals surface area contributed by atoms with Crippen molar-refractivity contribution in [1.29, 1.82) is 5.26 Å². The topological polar surface area (TPSA) is 52.9 Å². The maximum Gasteiger partial charge on any atom is 0.252 e. The standard InChI is InChI=1S/C9H7BrN2O/c10-8-3-1-7(2-4-8)9(13)12-6-5-11/h1-4H,6H2,(H,12,13). The summed E-state index contributed by atoms with van der Waals surface area (Å²) in [5.41, 5.74) is 0.554. The molecule has 0 aliphatic heterocycles. The Morgan fingerprint density at radius 1 is 1.46 bits per heavy atom. The van der Waals surface area contributed by atoms with E-state index in [1.165, 1.54) is 0 Å². The van der Waals surface area contributed by atoms with E-state index in [9.17, 15) is 4.79 Å². The van der Waals surface area contributed by atoms with Crippen LogP contribution in [0.3, 0.4) is 0 Å². The van der Waals surface area contributed by atoms with E-state index in [0.29, 0.717) is 5.56 Å². The fraction of sp³-hybridized carbons (Fsp3) is 0.111. The number of carbonyl (C=O) groups excluding carboxylic acids is 1. The van der Waals surface area contributed by atoms with Gasteiger partial charge in [-0.2, -0.15) is 5.26 Å². The average molecular weight is 239 g/mol. The van der Waals surface area contributed by atoms with E-state index < -0.39 is 0 Å². The van der Waals surface area contributed by atoms with Crippen molar-refractivity contribution in [3.05, 3.63) is 34.3 Å². The summed E-state index contributed by atoms with van der Waals surface area (Å²) in [6.07, 6.45) is 0. The van der Waals surface area contributed by atoms with E-state index in [-0.39, 0.29) is 12.5 Å². The third kappa shape index (κ3) is 2.88. The molecular formula is C9H7BrN2O. The van der Waals surface area contributed by atoms with Crippen LogP contribution in [0.15, 0.2) is 28.7 Å². The molecule has 1 aromatic carbocycles. The van der Waals surface area contributed by atoms with Gasteiger partial charge in [0.1, 0.15) is 6.54 Å². The van der Waals surface area contributed by atoms with Crippen molar-refractivity contribution in [2.45, 2.75) is 0 Å². The number of nitrogens with one attached hydrogen (secondary N) is 1. The summed E-state index contributed by atoms with van der Waals surface area (Å²) in [5.74, 6) is -0.228. The Labute approximate surface area is 84.5 Å². The number of rotatable bonds is 2. The summed E-state index contributed by atoms with van der Waals surface area (Å²) >= 11 is 3.26. The normalized spacial score (nSPS) is 8.92. The van der Waals surface area contributed by atoms with Crippen molar-refractivity contribution in [3.63, 3.8) is 0 Å². The van der Waals surface area contributed by atoms with Crippen LogP contribution in [0.25, 0.3) is 0 Å². The van der Waals surface area contributed by atoms with Crippen LogP contribution in [0.4, 0.5) is 0 Å². The highest BCUT2D eigenvalue weighted by molar-refractivity contribution is 9.10. The highest BCUT2D eigenvalue weighted by Gasteiger charge is 2.02. The minimum absolute atomic E-state index is 0.0366. The van der Waals surface area contributed by atoms with Gasteiger partial charge < -0.3 is 5.32 Å². The number of benzene rings is 1. The zero-order valence-corrected chi connectivity index (χ0v) is 8.34. The number of nitrogens with zero attached hydrogens (tertiary/aromatic N) is 1. The van der Waals surface area contributed by atoms with E-state index in [2.05, 4.69) is 21.2 Å². The maximum atomic E-state index is 11.2. The Hall–Kier alpha value is -1.34. The fourth-order valence-electron chi connectivity index (χ4n) is 0.823. The van der Waals surface area contributed by atoms with Crippen LogP contribution >= 0.6 is 15.9 Å². The summed E-state index contributed by atoms with van der Waals surface area (Å²) in [7, 11) is 0. The maximum absolute atomic E-state index is 11.2. The predicted octanol–water partition coefficient (Wildman–Crippen LogP) is 1.70. The summed E-state index contributed by atoms with van der Waals surface area (Å²) < 4.78 is 0.921. The molecule has 66 valence electrons. The lowest BCUT2D eigenvalue weighted by molar-refractivity contribution is 0.0958. The van der Waals surface area contributed by atoms with Gasteiger partial charge in [-0.15, -0.1) is 0 Å². The highest BCUT2D eigenvalue weighted by Crippen LogP contribution is 2.10. The Morgan fingerprint density at radius 2 is 2.08 bits per heavy atom. The van der Waals surface area contributed by atoms with Crippen LogP contribution in [-0.2, 0) is 0 Å². The summed E-state index contributed by atoms with van der Waals surface area (Å²) in [4.78, 5) is 11.2. The van der Waals surface area contributed by atoms with E-state index in [1.807, 2.05) is 6.07 Å². The van der Waals surface area contributed by atoms with Gasteiger partial charge in [-0.1, -0.05) is 15.9 Å². The molecule has 0 atom stereocenters. The Bertz CT molecular complexity index is 340. The molecule has 0 aliphatic carbocycles. The molecule has 0 aromatic heterocycles. The summed E-state index contributed by atoms with van der Waals surface area (Å²) in [6, 6.07) is 8.78. The predicted molar refractivity (Wildman–Crippen MR) is 52.1 cm³/mol. The highest BCUT2D eigenvalue weighted by atomic mass is 79.9. The summed E-state index contributed by atoms with van der Waals surface area (Å²) in [5, 5.41) is 10.7. The smallest absolute Gasteiger partial charge is 0.252 e. The molecule has 0 spiro atoms. The molecule has 0 unspecified atom stereocenters. The number of halogens is 1. The third-order valence-electron chi connectivity index (χ3n) is 1.43. The number of hydrogen-bond acceptors (Lipinski definition) is 2. The Balaban J connectivity index is 2.68. The first-order valence-corrected chi connectivity index (χ1v) is 4.44. The van der Waals surface area contributed by atoms with Crippen LogP contribution in [-0.4, -0.2) is 12.5 Å². The molecule has 1 rings (SSSR count). The first-order chi connectivity index (χ1) is 6.24. The van der Waals surface area contributed by atoms with Crippen LogP contribution < -0.4 is 5.32 Å². The van der Waals surface area contributed by atoms with Gasteiger partial charge in [-0.05, 0) is 24.3 Å². The van der Waals surface area contributed by atoms with Gasteiger partial charge in [0.15, 0.2) is 0 Å². The molecule has 4 heteroatoms. The lowest BCUT2D eigenvalue weighted by Gasteiger charge is -1.99. The number of amides is 1. The van der Waals surface area contributed by atoms with Crippen LogP contribution in [0, 0.1) is 11.3 Å². The molecule has 1 N–H and O–H groups in total. The molecule has 0 fully saturated rings. The van der Waals surface area contributed by atoms with Crippen molar-refractivity contribution in [2.75, 3.05) is 6.54 Å². The van der Waals surface area contributed by atoms with Gasteiger partial charge in [0.2, 0.25) is 0 Å². The quantitative estimate of drug-likeness (QED) is 0.798. The molecule has 0 radical (unpaired) electrons. The lowest BCUT2D eigenvalue weighted by atomic mass is 10.2. The third-order valence-corrected chi connectivity index (χ3v) is 1.96. The summed E-state index contributed by atoms with van der Waals surface area (Å²) in [6.45, 7) is 0.0366. The first-order valence-electron chi connectivity index (χ1n) is 3.65. The largest absolute Gasteiger partial charge is 0.339 e. The minimum atomic E-state index is -0.228. The van der Waals surface area contributed by atoms with Crippen molar-refractivity contribution in [3.8, 4) is 6.07 Å². The van der Waals surface area contributed by atoms with Crippen molar-refractivity contribution in [1.82, 2.24) is 5.32 Å². The van der Waals surface area contributed by atoms with E-state index in [4.69, 9.17) is 5.26 Å². The molecule has 1 amide bonds. The van der Waals surface area contributed by atoms with Gasteiger partial charge >= 0.3 is 0 Å². The lowest BCUT2D eigenvalue weighted by Crippen LogP contribution is -2.23. The van der Waals surface area contributed by atoms with Gasteiger partial charge in [-0.25, -0.2) is 0 Å². The SMILES string of the molecule is N#CCNC(=O)c1ccc(Br)cc1. The average Bonchev–Trinajstić information content (AvgIpc) is 2.15. The second-order valence-electron chi connectivity index (χ2n) is 2.35. The van der Waals surface area contributed by atoms with Gasteiger partial charge in [0.25, 0.3) is 5.91 Å². The van der Waals surface area contributed by atoms with Crippen LogP contribution in [0.2, 0.25) is 0 Å². The molecule has 13 heavy (non-hydrogen) atoms. The number of nitriles is 1. The van der Waals surface area contributed by atoms with Crippen molar-refractivity contribution >= 4 is 21.8 Å². The molecule has 0 aliphatic rings.